The molecule has 0 fully saturated rings. The van der Waals surface area contributed by atoms with Gasteiger partial charge in [-0.05, 0) is 70.6 Å². The first kappa shape index (κ1) is 40.4. The number of allylic oxidation sites excluding steroid dienone is 4. The highest BCUT2D eigenvalue weighted by atomic mass is 16.2. The fourth-order valence-electron chi connectivity index (χ4n) is 5.54. The van der Waals surface area contributed by atoms with E-state index in [1.165, 1.54) is 128 Å². The summed E-state index contributed by atoms with van der Waals surface area (Å²) in [6, 6.07) is 0. The van der Waals surface area contributed by atoms with Crippen LogP contribution in [-0.4, -0.2) is 18.4 Å². The molecule has 0 aromatic rings. The lowest BCUT2D eigenvalue weighted by atomic mass is 9.96. The molecule has 0 aromatic heterocycles. The molecule has 0 aliphatic heterocycles. The van der Waals surface area contributed by atoms with Gasteiger partial charge in [0.15, 0.2) is 0 Å². The van der Waals surface area contributed by atoms with Crippen molar-refractivity contribution >= 4 is 11.8 Å². The number of rotatable bonds is 33. The van der Waals surface area contributed by atoms with Gasteiger partial charge in [-0.1, -0.05) is 141 Å². The van der Waals surface area contributed by atoms with E-state index in [2.05, 4.69) is 43.5 Å². The molecular formula is C38H72N2O2. The van der Waals surface area contributed by atoms with Crippen LogP contribution in [0, 0.1) is 5.92 Å². The summed E-state index contributed by atoms with van der Waals surface area (Å²) >= 11 is 0. The van der Waals surface area contributed by atoms with Gasteiger partial charge >= 0.3 is 0 Å². The van der Waals surface area contributed by atoms with Gasteiger partial charge in [0.05, 0.1) is 0 Å². The molecule has 1 unspecified atom stereocenters. The number of unbranched alkanes of at least 4 members (excludes halogenated alkanes) is 21. The molecule has 0 saturated heterocycles. The first-order chi connectivity index (χ1) is 20.6. The maximum absolute atomic E-state index is 12.2. The monoisotopic (exact) mass is 589 g/mol. The molecular weight excluding hydrogens is 516 g/mol. The van der Waals surface area contributed by atoms with E-state index in [-0.39, 0.29) is 17.7 Å². The van der Waals surface area contributed by atoms with Crippen molar-refractivity contribution in [2.75, 3.05) is 6.54 Å². The predicted octanol–water partition coefficient (Wildman–Crippen LogP) is 11.3. The molecule has 2 amide bonds. The summed E-state index contributed by atoms with van der Waals surface area (Å²) in [7, 11) is 0. The number of carbonyl (C=O) groups excluding carboxylic acids is 2. The summed E-state index contributed by atoms with van der Waals surface area (Å²) in [6.07, 6.45) is 43.1. The molecule has 0 aliphatic carbocycles. The topological polar surface area (TPSA) is 72.2 Å². The van der Waals surface area contributed by atoms with Crippen molar-refractivity contribution in [3.8, 4) is 0 Å². The summed E-state index contributed by atoms with van der Waals surface area (Å²) in [6.45, 7) is 5.09. The zero-order valence-electron chi connectivity index (χ0n) is 28.3. The Morgan fingerprint density at radius 3 is 1.33 bits per heavy atom. The number of hydrogen-bond acceptors (Lipinski definition) is 2. The SMILES string of the molecule is CCCCCCCC/C=C\CCCCCCCC(=O)NCCC(CCCCCC/C=C\CCCCCCCC)C(N)=O. The van der Waals surface area contributed by atoms with Crippen molar-refractivity contribution in [1.29, 1.82) is 0 Å². The molecule has 4 nitrogen and oxygen atoms in total. The third kappa shape index (κ3) is 31.4. The van der Waals surface area contributed by atoms with Crippen LogP contribution in [0.5, 0.6) is 0 Å². The molecule has 0 heterocycles. The van der Waals surface area contributed by atoms with Crippen molar-refractivity contribution in [3.63, 3.8) is 0 Å². The number of hydrogen-bond donors (Lipinski definition) is 2. The maximum atomic E-state index is 12.2. The van der Waals surface area contributed by atoms with Gasteiger partial charge in [-0.3, -0.25) is 9.59 Å². The number of amides is 2. The van der Waals surface area contributed by atoms with Gasteiger partial charge in [0.1, 0.15) is 0 Å². The van der Waals surface area contributed by atoms with E-state index in [9.17, 15) is 9.59 Å². The lowest BCUT2D eigenvalue weighted by Gasteiger charge is -2.13. The van der Waals surface area contributed by atoms with Gasteiger partial charge in [-0.15, -0.1) is 0 Å². The van der Waals surface area contributed by atoms with Crippen molar-refractivity contribution in [2.24, 2.45) is 11.7 Å². The third-order valence-electron chi connectivity index (χ3n) is 8.45. The lowest BCUT2D eigenvalue weighted by Crippen LogP contribution is -2.30. The van der Waals surface area contributed by atoms with E-state index in [4.69, 9.17) is 5.73 Å². The van der Waals surface area contributed by atoms with Crippen LogP contribution in [0.2, 0.25) is 0 Å². The molecule has 0 rings (SSSR count). The van der Waals surface area contributed by atoms with Crippen molar-refractivity contribution < 1.29 is 9.59 Å². The van der Waals surface area contributed by atoms with Crippen molar-refractivity contribution in [3.05, 3.63) is 24.3 Å². The summed E-state index contributed by atoms with van der Waals surface area (Å²) in [5.74, 6) is -0.234. The van der Waals surface area contributed by atoms with Crippen LogP contribution in [0.15, 0.2) is 24.3 Å². The minimum absolute atomic E-state index is 0.111. The highest BCUT2D eigenvalue weighted by molar-refractivity contribution is 5.77. The minimum atomic E-state index is -0.223. The fourth-order valence-corrected chi connectivity index (χ4v) is 5.54. The summed E-state index contributed by atoms with van der Waals surface area (Å²) < 4.78 is 0. The number of nitrogens with one attached hydrogen (secondary N) is 1. The standard InChI is InChI=1S/C38H72N2O2/c1-3-5-7-9-11-13-15-17-19-21-23-25-27-29-31-33-37(41)40-35-34-36(38(39)42)32-30-28-26-24-22-20-18-16-14-12-10-8-6-4-2/h17-20,36H,3-16,21-35H2,1-2H3,(H2,39,42)(H,40,41)/b19-17-,20-18-. The summed E-state index contributed by atoms with van der Waals surface area (Å²) in [5.41, 5.74) is 5.64. The van der Waals surface area contributed by atoms with Gasteiger partial charge in [0, 0.05) is 18.9 Å². The molecule has 0 bridgehead atoms. The van der Waals surface area contributed by atoms with Gasteiger partial charge in [-0.2, -0.15) is 0 Å². The molecule has 4 heteroatoms. The fraction of sp³-hybridized carbons (Fsp3) is 0.842. The summed E-state index contributed by atoms with van der Waals surface area (Å²) in [4.78, 5) is 24.0. The second-order valence-corrected chi connectivity index (χ2v) is 12.6. The van der Waals surface area contributed by atoms with Crippen LogP contribution >= 0.6 is 0 Å². The molecule has 0 spiro atoms. The van der Waals surface area contributed by atoms with Crippen LogP contribution in [0.1, 0.15) is 194 Å². The van der Waals surface area contributed by atoms with E-state index in [1.54, 1.807) is 0 Å². The maximum Gasteiger partial charge on any atom is 0.220 e. The molecule has 42 heavy (non-hydrogen) atoms. The Hall–Kier alpha value is -1.58. The van der Waals surface area contributed by atoms with E-state index >= 15 is 0 Å². The Balaban J connectivity index is 3.58. The zero-order valence-corrected chi connectivity index (χ0v) is 28.3. The highest BCUT2D eigenvalue weighted by Gasteiger charge is 2.15. The third-order valence-corrected chi connectivity index (χ3v) is 8.45. The largest absolute Gasteiger partial charge is 0.369 e. The number of primary amides is 1. The lowest BCUT2D eigenvalue weighted by molar-refractivity contribution is -0.123. The average Bonchev–Trinajstić information content (AvgIpc) is 2.98. The number of nitrogens with two attached hydrogens (primary N) is 1. The molecule has 0 radical (unpaired) electrons. The van der Waals surface area contributed by atoms with E-state index in [1.807, 2.05) is 0 Å². The van der Waals surface area contributed by atoms with Gasteiger partial charge < -0.3 is 11.1 Å². The molecule has 0 saturated carbocycles. The van der Waals surface area contributed by atoms with E-state index in [0.29, 0.717) is 19.4 Å². The van der Waals surface area contributed by atoms with Gasteiger partial charge in [0.25, 0.3) is 0 Å². The molecule has 0 aromatic carbocycles. The Morgan fingerprint density at radius 1 is 0.524 bits per heavy atom. The molecule has 0 aliphatic rings. The Kier molecular flexibility index (Phi) is 32.6. The van der Waals surface area contributed by atoms with Crippen LogP contribution in [0.4, 0.5) is 0 Å². The molecule has 3 N–H and O–H groups in total. The molecule has 1 atom stereocenters. The number of carbonyl (C=O) groups is 2. The molecule has 246 valence electrons. The zero-order chi connectivity index (χ0) is 30.8. The smallest absolute Gasteiger partial charge is 0.220 e. The van der Waals surface area contributed by atoms with E-state index < -0.39 is 0 Å². The first-order valence-corrected chi connectivity index (χ1v) is 18.5. The Labute approximate surface area is 262 Å². The van der Waals surface area contributed by atoms with Crippen LogP contribution in [-0.2, 0) is 9.59 Å². The van der Waals surface area contributed by atoms with Crippen LogP contribution in [0.25, 0.3) is 0 Å². The summed E-state index contributed by atoms with van der Waals surface area (Å²) in [5, 5.41) is 3.01. The van der Waals surface area contributed by atoms with Crippen LogP contribution in [0.3, 0.4) is 0 Å². The van der Waals surface area contributed by atoms with Crippen molar-refractivity contribution in [1.82, 2.24) is 5.32 Å². The Morgan fingerprint density at radius 2 is 0.905 bits per heavy atom. The second-order valence-electron chi connectivity index (χ2n) is 12.6. The van der Waals surface area contributed by atoms with Gasteiger partial charge in [0.2, 0.25) is 11.8 Å². The predicted molar refractivity (Wildman–Crippen MR) is 185 cm³/mol. The second kappa shape index (κ2) is 33.9. The first-order valence-electron chi connectivity index (χ1n) is 18.5. The quantitative estimate of drug-likeness (QED) is 0.0591. The normalized spacial score (nSPS) is 12.4. The van der Waals surface area contributed by atoms with Crippen molar-refractivity contribution in [2.45, 2.75) is 194 Å². The van der Waals surface area contributed by atoms with Crippen LogP contribution < -0.4 is 11.1 Å². The average molecular weight is 589 g/mol. The highest BCUT2D eigenvalue weighted by Crippen LogP contribution is 2.15. The minimum Gasteiger partial charge on any atom is -0.369 e. The van der Waals surface area contributed by atoms with E-state index in [0.717, 1.165) is 38.5 Å². The Bertz CT molecular complexity index is 643. The van der Waals surface area contributed by atoms with Gasteiger partial charge in [-0.25, -0.2) is 0 Å².